The maximum absolute atomic E-state index is 12.5. The molecule has 1 rings (SSSR count). The number of hydrogen-bond donors (Lipinski definition) is 3. The van der Waals surface area contributed by atoms with Gasteiger partial charge in [-0.2, -0.15) is 0 Å². The fourth-order valence-electron chi connectivity index (χ4n) is 1.84. The molecule has 0 saturated heterocycles. The molecular weight excluding hydrogens is 354 g/mol. The molecule has 9 heteroatoms. The number of benzene rings is 1. The summed E-state index contributed by atoms with van der Waals surface area (Å²) >= 11 is 0. The lowest BCUT2D eigenvalue weighted by atomic mass is 10.1. The van der Waals surface area contributed by atoms with Gasteiger partial charge in [0.05, 0.1) is 12.0 Å². The maximum atomic E-state index is 12.5. The van der Waals surface area contributed by atoms with Crippen LogP contribution in [0.4, 0.5) is 0 Å². The zero-order valence-corrected chi connectivity index (χ0v) is 16.0. The van der Waals surface area contributed by atoms with Crippen LogP contribution in [0.5, 0.6) is 5.75 Å². The van der Waals surface area contributed by atoms with E-state index < -0.39 is 15.6 Å². The van der Waals surface area contributed by atoms with Crippen molar-refractivity contribution in [3.8, 4) is 5.75 Å². The first-order valence-corrected chi connectivity index (χ1v) is 8.81. The molecule has 0 aliphatic heterocycles. The van der Waals surface area contributed by atoms with Crippen molar-refractivity contribution in [2.24, 2.45) is 5.73 Å². The predicted molar refractivity (Wildman–Crippen MR) is 95.8 cm³/mol. The number of hydrogen-bond acceptors (Lipinski definition) is 5. The van der Waals surface area contributed by atoms with Gasteiger partial charge in [0.25, 0.3) is 0 Å². The summed E-state index contributed by atoms with van der Waals surface area (Å²) in [4.78, 5) is 11.5. The van der Waals surface area contributed by atoms with E-state index in [0.29, 0.717) is 17.7 Å². The van der Waals surface area contributed by atoms with E-state index in [2.05, 4.69) is 10.0 Å². The van der Waals surface area contributed by atoms with Gasteiger partial charge in [-0.15, -0.1) is 12.4 Å². The summed E-state index contributed by atoms with van der Waals surface area (Å²) in [5, 5.41) is 2.71. The van der Waals surface area contributed by atoms with Crippen LogP contribution in [0.15, 0.2) is 23.1 Å². The molecule has 4 N–H and O–H groups in total. The molecule has 0 aromatic heterocycles. The van der Waals surface area contributed by atoms with E-state index in [9.17, 15) is 13.2 Å². The average Bonchev–Trinajstić information content (AvgIpc) is 2.51. The second-order valence-electron chi connectivity index (χ2n) is 5.80. The predicted octanol–water partition coefficient (Wildman–Crippen LogP) is 1.16. The Labute approximate surface area is 149 Å². The molecule has 0 aliphatic rings. The SMILES string of the molecule is CCC(=O)NCc1cc(S(=O)(=O)NC(C)(C)CN)ccc1OC.Cl. The highest BCUT2D eigenvalue weighted by molar-refractivity contribution is 7.89. The lowest BCUT2D eigenvalue weighted by Gasteiger charge is -2.24. The Morgan fingerprint density at radius 3 is 2.46 bits per heavy atom. The van der Waals surface area contributed by atoms with Gasteiger partial charge in [-0.1, -0.05) is 6.92 Å². The molecule has 24 heavy (non-hydrogen) atoms. The number of rotatable bonds is 8. The molecule has 138 valence electrons. The standard InChI is InChI=1S/C15H25N3O4S.ClH/c1-5-14(19)17-9-11-8-12(6-7-13(11)22-4)23(20,21)18-15(2,3)10-16;/h6-8,18H,5,9-10,16H2,1-4H3,(H,17,19);1H. The number of carbonyl (C=O) groups excluding carboxylic acids is 1. The number of halogens is 1. The Balaban J connectivity index is 0.00000529. The van der Waals surface area contributed by atoms with Crippen LogP contribution in [0.25, 0.3) is 0 Å². The van der Waals surface area contributed by atoms with Crippen molar-refractivity contribution < 1.29 is 17.9 Å². The summed E-state index contributed by atoms with van der Waals surface area (Å²) in [6, 6.07) is 4.51. The fraction of sp³-hybridized carbons (Fsp3) is 0.533. The number of sulfonamides is 1. The molecule has 0 fully saturated rings. The largest absolute Gasteiger partial charge is 0.496 e. The molecule has 1 aromatic rings. The first kappa shape index (κ1) is 22.6. The quantitative estimate of drug-likeness (QED) is 0.627. The molecule has 0 atom stereocenters. The minimum absolute atomic E-state index is 0. The maximum Gasteiger partial charge on any atom is 0.241 e. The van der Waals surface area contributed by atoms with E-state index in [4.69, 9.17) is 10.5 Å². The van der Waals surface area contributed by atoms with Crippen molar-refractivity contribution in [3.63, 3.8) is 0 Å². The molecule has 0 heterocycles. The molecular formula is C15H26ClN3O4S. The third-order valence-electron chi connectivity index (χ3n) is 3.28. The molecule has 7 nitrogen and oxygen atoms in total. The number of amides is 1. The first-order chi connectivity index (χ1) is 10.6. The van der Waals surface area contributed by atoms with Crippen LogP contribution in [0, 0.1) is 0 Å². The van der Waals surface area contributed by atoms with Crippen molar-refractivity contribution in [3.05, 3.63) is 23.8 Å². The van der Waals surface area contributed by atoms with Gasteiger partial charge in [0.1, 0.15) is 5.75 Å². The number of ether oxygens (including phenoxy) is 1. The van der Waals surface area contributed by atoms with Crippen LogP contribution in [-0.2, 0) is 21.4 Å². The van der Waals surface area contributed by atoms with Gasteiger partial charge in [0, 0.05) is 30.6 Å². The van der Waals surface area contributed by atoms with Gasteiger partial charge >= 0.3 is 0 Å². The summed E-state index contributed by atoms with van der Waals surface area (Å²) < 4.78 is 32.7. The highest BCUT2D eigenvalue weighted by Gasteiger charge is 2.25. The van der Waals surface area contributed by atoms with Gasteiger partial charge in [0.15, 0.2) is 0 Å². The van der Waals surface area contributed by atoms with Crippen LogP contribution in [0.3, 0.4) is 0 Å². The second kappa shape index (κ2) is 9.22. The average molecular weight is 380 g/mol. The minimum atomic E-state index is -3.72. The van der Waals surface area contributed by atoms with Gasteiger partial charge in [-0.3, -0.25) is 4.79 Å². The molecule has 0 unspecified atom stereocenters. The van der Waals surface area contributed by atoms with E-state index in [1.54, 1.807) is 26.8 Å². The molecule has 1 aromatic carbocycles. The highest BCUT2D eigenvalue weighted by Crippen LogP contribution is 2.23. The van der Waals surface area contributed by atoms with E-state index >= 15 is 0 Å². The summed E-state index contributed by atoms with van der Waals surface area (Å²) in [5.41, 5.74) is 5.40. The summed E-state index contributed by atoms with van der Waals surface area (Å²) in [7, 11) is -2.23. The Morgan fingerprint density at radius 2 is 1.96 bits per heavy atom. The Kier molecular flexibility index (Phi) is 8.70. The normalized spacial score (nSPS) is 11.5. The van der Waals surface area contributed by atoms with Gasteiger partial charge in [-0.25, -0.2) is 13.1 Å². The number of methoxy groups -OCH3 is 1. The van der Waals surface area contributed by atoms with Crippen molar-refractivity contribution in [2.75, 3.05) is 13.7 Å². The Hall–Kier alpha value is -1.35. The lowest BCUT2D eigenvalue weighted by Crippen LogP contribution is -2.48. The minimum Gasteiger partial charge on any atom is -0.496 e. The van der Waals surface area contributed by atoms with Crippen LogP contribution >= 0.6 is 12.4 Å². The third kappa shape index (κ3) is 6.27. The lowest BCUT2D eigenvalue weighted by molar-refractivity contribution is -0.120. The zero-order chi connectivity index (χ0) is 17.7. The van der Waals surface area contributed by atoms with Gasteiger partial charge < -0.3 is 15.8 Å². The van der Waals surface area contributed by atoms with Crippen LogP contribution in [0.1, 0.15) is 32.8 Å². The molecule has 0 aliphatic carbocycles. The van der Waals surface area contributed by atoms with Gasteiger partial charge in [-0.05, 0) is 32.0 Å². The van der Waals surface area contributed by atoms with Crippen molar-refractivity contribution in [2.45, 2.75) is 44.2 Å². The van der Waals surface area contributed by atoms with E-state index in [1.165, 1.54) is 19.2 Å². The molecule has 0 radical (unpaired) electrons. The third-order valence-corrected chi connectivity index (χ3v) is 4.98. The second-order valence-corrected chi connectivity index (χ2v) is 7.48. The molecule has 1 amide bonds. The summed E-state index contributed by atoms with van der Waals surface area (Å²) in [5.74, 6) is 0.390. The van der Waals surface area contributed by atoms with E-state index in [1.807, 2.05) is 0 Å². The van der Waals surface area contributed by atoms with Crippen molar-refractivity contribution in [1.82, 2.24) is 10.0 Å². The smallest absolute Gasteiger partial charge is 0.241 e. The van der Waals surface area contributed by atoms with Crippen LogP contribution in [0.2, 0.25) is 0 Å². The monoisotopic (exact) mass is 379 g/mol. The number of nitrogens with one attached hydrogen (secondary N) is 2. The number of carbonyl (C=O) groups is 1. The zero-order valence-electron chi connectivity index (χ0n) is 14.4. The highest BCUT2D eigenvalue weighted by atomic mass is 35.5. The van der Waals surface area contributed by atoms with Crippen LogP contribution < -0.4 is 20.5 Å². The number of nitrogens with two attached hydrogens (primary N) is 1. The fourth-order valence-corrected chi connectivity index (χ4v) is 3.32. The van der Waals surface area contributed by atoms with E-state index in [0.717, 1.165) is 0 Å². The molecule has 0 saturated carbocycles. The molecule has 0 bridgehead atoms. The van der Waals surface area contributed by atoms with Crippen molar-refractivity contribution in [1.29, 1.82) is 0 Å². The van der Waals surface area contributed by atoms with Crippen LogP contribution in [-0.4, -0.2) is 33.5 Å². The first-order valence-electron chi connectivity index (χ1n) is 7.33. The topological polar surface area (TPSA) is 111 Å². The summed E-state index contributed by atoms with van der Waals surface area (Å²) in [6.45, 7) is 5.51. The van der Waals surface area contributed by atoms with E-state index in [-0.39, 0.29) is 36.3 Å². The van der Waals surface area contributed by atoms with Crippen molar-refractivity contribution >= 4 is 28.3 Å². The molecule has 0 spiro atoms. The summed E-state index contributed by atoms with van der Waals surface area (Å²) in [6.07, 6.45) is 0.354. The van der Waals surface area contributed by atoms with Gasteiger partial charge in [0.2, 0.25) is 15.9 Å². The Bertz CT molecular complexity index is 663. The Morgan fingerprint density at radius 1 is 1.33 bits per heavy atom.